The topological polar surface area (TPSA) is 46.2 Å². The van der Waals surface area contributed by atoms with E-state index in [0.717, 1.165) is 12.8 Å². The Morgan fingerprint density at radius 2 is 2.00 bits per heavy atom. The van der Waals surface area contributed by atoms with Gasteiger partial charge >= 0.3 is 0 Å². The number of sulfone groups is 1. The van der Waals surface area contributed by atoms with Crippen LogP contribution in [0.2, 0.25) is 0 Å². The van der Waals surface area contributed by atoms with E-state index in [4.69, 9.17) is 0 Å². The third-order valence-corrected chi connectivity index (χ3v) is 5.17. The molecule has 0 aromatic heterocycles. The summed E-state index contributed by atoms with van der Waals surface area (Å²) in [5, 5.41) is 3.12. The van der Waals surface area contributed by atoms with Crippen LogP contribution in [0.5, 0.6) is 0 Å². The standard InChI is InChI=1S/C9H19NO2S/c1-4-9-8(3)13(11,12)6-5-7(2)10-9/h7-10H,4-6H2,1-3H3. The summed E-state index contributed by atoms with van der Waals surface area (Å²) in [6, 6.07) is 0.451. The van der Waals surface area contributed by atoms with Crippen LogP contribution in [0.25, 0.3) is 0 Å². The molecule has 0 bridgehead atoms. The lowest BCUT2D eigenvalue weighted by Gasteiger charge is -2.22. The summed E-state index contributed by atoms with van der Waals surface area (Å²) in [7, 11) is -2.85. The molecule has 0 aliphatic carbocycles. The van der Waals surface area contributed by atoms with Gasteiger partial charge in [-0.25, -0.2) is 8.42 Å². The van der Waals surface area contributed by atoms with E-state index in [9.17, 15) is 8.42 Å². The Hall–Kier alpha value is -0.0900. The van der Waals surface area contributed by atoms with Crippen LogP contribution in [0.4, 0.5) is 0 Å². The third kappa shape index (κ3) is 2.44. The highest BCUT2D eigenvalue weighted by molar-refractivity contribution is 7.92. The largest absolute Gasteiger partial charge is 0.310 e. The molecule has 78 valence electrons. The van der Waals surface area contributed by atoms with E-state index in [1.54, 1.807) is 0 Å². The van der Waals surface area contributed by atoms with Gasteiger partial charge in [0, 0.05) is 12.1 Å². The van der Waals surface area contributed by atoms with E-state index < -0.39 is 9.84 Å². The molecule has 1 fully saturated rings. The second-order valence-corrected chi connectivity index (χ2v) is 6.42. The van der Waals surface area contributed by atoms with Crippen molar-refractivity contribution in [3.05, 3.63) is 0 Å². The highest BCUT2D eigenvalue weighted by atomic mass is 32.2. The fraction of sp³-hybridized carbons (Fsp3) is 1.00. The zero-order chi connectivity index (χ0) is 10.1. The normalized spacial score (nSPS) is 39.8. The van der Waals surface area contributed by atoms with Gasteiger partial charge in [0.15, 0.2) is 9.84 Å². The monoisotopic (exact) mass is 205 g/mol. The van der Waals surface area contributed by atoms with Gasteiger partial charge < -0.3 is 5.32 Å². The van der Waals surface area contributed by atoms with Gasteiger partial charge in [0.05, 0.1) is 11.0 Å². The molecule has 3 atom stereocenters. The second kappa shape index (κ2) is 3.96. The van der Waals surface area contributed by atoms with E-state index >= 15 is 0 Å². The molecule has 0 aromatic carbocycles. The van der Waals surface area contributed by atoms with E-state index in [0.29, 0.717) is 11.8 Å². The summed E-state index contributed by atoms with van der Waals surface area (Å²) in [4.78, 5) is 0. The Bertz CT molecular complexity index is 261. The molecule has 0 saturated carbocycles. The minimum atomic E-state index is -2.85. The van der Waals surface area contributed by atoms with Crippen molar-refractivity contribution in [1.82, 2.24) is 5.32 Å². The maximum Gasteiger partial charge on any atom is 0.154 e. The van der Waals surface area contributed by atoms with Crippen molar-refractivity contribution in [3.63, 3.8) is 0 Å². The average Bonchev–Trinajstić information content (AvgIpc) is 2.17. The van der Waals surface area contributed by atoms with Crippen LogP contribution in [0, 0.1) is 0 Å². The van der Waals surface area contributed by atoms with E-state index in [1.807, 2.05) is 13.8 Å². The van der Waals surface area contributed by atoms with Crippen molar-refractivity contribution in [1.29, 1.82) is 0 Å². The summed E-state index contributed by atoms with van der Waals surface area (Å²) in [6.07, 6.45) is 1.62. The Labute approximate surface area is 80.8 Å². The fourth-order valence-electron chi connectivity index (χ4n) is 1.81. The molecule has 4 heteroatoms. The van der Waals surface area contributed by atoms with Crippen molar-refractivity contribution in [2.24, 2.45) is 0 Å². The molecule has 0 amide bonds. The molecule has 0 aromatic rings. The summed E-state index contributed by atoms with van der Waals surface area (Å²) in [5.41, 5.74) is 0. The van der Waals surface area contributed by atoms with Gasteiger partial charge in [-0.1, -0.05) is 6.92 Å². The molecule has 13 heavy (non-hydrogen) atoms. The van der Waals surface area contributed by atoms with Crippen LogP contribution in [-0.2, 0) is 9.84 Å². The Kier molecular flexibility index (Phi) is 3.35. The molecule has 1 aliphatic heterocycles. The first-order valence-electron chi connectivity index (χ1n) is 4.95. The molecule has 1 rings (SSSR count). The number of rotatable bonds is 1. The minimum absolute atomic E-state index is 0.127. The molecule has 1 heterocycles. The maximum absolute atomic E-state index is 11.7. The minimum Gasteiger partial charge on any atom is -0.310 e. The van der Waals surface area contributed by atoms with Crippen LogP contribution in [-0.4, -0.2) is 31.5 Å². The van der Waals surface area contributed by atoms with E-state index in [-0.39, 0.29) is 11.3 Å². The quantitative estimate of drug-likeness (QED) is 0.693. The Morgan fingerprint density at radius 3 is 2.54 bits per heavy atom. The zero-order valence-corrected chi connectivity index (χ0v) is 9.39. The first kappa shape index (κ1) is 11.0. The fourth-order valence-corrected chi connectivity index (χ4v) is 3.64. The van der Waals surface area contributed by atoms with E-state index in [1.165, 1.54) is 0 Å². The summed E-state index contributed by atoms with van der Waals surface area (Å²) >= 11 is 0. The van der Waals surface area contributed by atoms with Crippen molar-refractivity contribution in [2.45, 2.75) is 50.9 Å². The molecule has 3 nitrogen and oxygen atoms in total. The predicted octanol–water partition coefficient (Wildman–Crippen LogP) is 0.950. The van der Waals surface area contributed by atoms with Gasteiger partial charge in [-0.05, 0) is 26.7 Å². The first-order valence-corrected chi connectivity index (χ1v) is 6.66. The van der Waals surface area contributed by atoms with E-state index in [2.05, 4.69) is 12.2 Å². The smallest absolute Gasteiger partial charge is 0.154 e. The maximum atomic E-state index is 11.7. The molecule has 1 N–H and O–H groups in total. The summed E-state index contributed by atoms with van der Waals surface area (Å²) < 4.78 is 23.4. The highest BCUT2D eigenvalue weighted by Gasteiger charge is 2.32. The number of hydrogen-bond acceptors (Lipinski definition) is 3. The van der Waals surface area contributed by atoms with Crippen molar-refractivity contribution < 1.29 is 8.42 Å². The second-order valence-electron chi connectivity index (χ2n) is 3.94. The number of hydrogen-bond donors (Lipinski definition) is 1. The first-order chi connectivity index (χ1) is 5.97. The Balaban J connectivity index is 2.86. The molecule has 1 aliphatic rings. The molecule has 1 saturated heterocycles. The lowest BCUT2D eigenvalue weighted by Crippen LogP contribution is -2.42. The van der Waals surface area contributed by atoms with Crippen LogP contribution in [0.1, 0.15) is 33.6 Å². The summed E-state index contributed by atoms with van der Waals surface area (Å²) in [5.74, 6) is 0.332. The van der Waals surface area contributed by atoms with Gasteiger partial charge in [0.2, 0.25) is 0 Å². The third-order valence-electron chi connectivity index (χ3n) is 2.91. The average molecular weight is 205 g/mol. The van der Waals surface area contributed by atoms with Crippen molar-refractivity contribution in [2.75, 3.05) is 5.75 Å². The Morgan fingerprint density at radius 1 is 1.38 bits per heavy atom. The molecule has 0 radical (unpaired) electrons. The van der Waals surface area contributed by atoms with Gasteiger partial charge in [-0.15, -0.1) is 0 Å². The van der Waals surface area contributed by atoms with Crippen LogP contribution < -0.4 is 5.32 Å². The molecular formula is C9H19NO2S. The van der Waals surface area contributed by atoms with Crippen LogP contribution in [0.15, 0.2) is 0 Å². The highest BCUT2D eigenvalue weighted by Crippen LogP contribution is 2.16. The zero-order valence-electron chi connectivity index (χ0n) is 8.58. The van der Waals surface area contributed by atoms with Crippen LogP contribution >= 0.6 is 0 Å². The summed E-state index contributed by atoms with van der Waals surface area (Å²) in [6.45, 7) is 5.90. The lowest BCUT2D eigenvalue weighted by atomic mass is 10.1. The predicted molar refractivity (Wildman–Crippen MR) is 54.5 cm³/mol. The molecule has 3 unspecified atom stereocenters. The van der Waals surface area contributed by atoms with Gasteiger partial charge in [-0.2, -0.15) is 0 Å². The molecular weight excluding hydrogens is 186 g/mol. The van der Waals surface area contributed by atoms with Gasteiger partial charge in [0.1, 0.15) is 0 Å². The molecule has 0 spiro atoms. The van der Waals surface area contributed by atoms with Crippen LogP contribution in [0.3, 0.4) is 0 Å². The van der Waals surface area contributed by atoms with Gasteiger partial charge in [0.25, 0.3) is 0 Å². The van der Waals surface area contributed by atoms with Crippen molar-refractivity contribution in [3.8, 4) is 0 Å². The van der Waals surface area contributed by atoms with Crippen molar-refractivity contribution >= 4 is 9.84 Å². The van der Waals surface area contributed by atoms with Gasteiger partial charge in [-0.3, -0.25) is 0 Å². The SMILES string of the molecule is CCC1NC(C)CCS(=O)(=O)C1C. The number of nitrogens with one attached hydrogen (secondary N) is 1. The lowest BCUT2D eigenvalue weighted by molar-refractivity contribution is 0.431.